The largest absolute Gasteiger partial charge is 0.399 e. The van der Waals surface area contributed by atoms with Crippen molar-refractivity contribution in [2.45, 2.75) is 51.5 Å². The lowest BCUT2D eigenvalue weighted by atomic mass is 10.1. The van der Waals surface area contributed by atoms with E-state index in [1.807, 2.05) is 12.1 Å². The predicted molar refractivity (Wildman–Crippen MR) is 70.7 cm³/mol. The van der Waals surface area contributed by atoms with E-state index in [4.69, 9.17) is 5.73 Å². The molecule has 1 aliphatic carbocycles. The lowest BCUT2D eigenvalue weighted by Crippen LogP contribution is -2.18. The van der Waals surface area contributed by atoms with Gasteiger partial charge in [-0.1, -0.05) is 25.7 Å². The average molecular weight is 218 g/mol. The maximum Gasteiger partial charge on any atom is 0.0373 e. The summed E-state index contributed by atoms with van der Waals surface area (Å²) in [6.07, 6.45) is 8.16. The van der Waals surface area contributed by atoms with Gasteiger partial charge >= 0.3 is 0 Å². The normalized spacial score (nSPS) is 18.1. The number of hydrogen-bond donors (Lipinski definition) is 2. The van der Waals surface area contributed by atoms with Crippen LogP contribution in [0.5, 0.6) is 0 Å². The molecule has 1 aromatic rings. The summed E-state index contributed by atoms with van der Waals surface area (Å²) in [6.45, 7) is 2.12. The highest BCUT2D eigenvalue weighted by Crippen LogP contribution is 2.24. The Bertz CT molecular complexity index is 339. The van der Waals surface area contributed by atoms with Crippen molar-refractivity contribution >= 4 is 11.4 Å². The van der Waals surface area contributed by atoms with E-state index in [1.54, 1.807) is 0 Å². The topological polar surface area (TPSA) is 38.0 Å². The van der Waals surface area contributed by atoms with Gasteiger partial charge < -0.3 is 11.1 Å². The average Bonchev–Trinajstić information content (AvgIpc) is 2.51. The molecular weight excluding hydrogens is 196 g/mol. The molecule has 1 aliphatic rings. The van der Waals surface area contributed by atoms with E-state index in [0.29, 0.717) is 6.04 Å². The zero-order valence-electron chi connectivity index (χ0n) is 10.1. The summed E-state index contributed by atoms with van der Waals surface area (Å²) in [6, 6.07) is 6.78. The third-order valence-corrected chi connectivity index (χ3v) is 3.47. The number of aryl methyl sites for hydroxylation is 1. The zero-order chi connectivity index (χ0) is 11.4. The molecule has 3 N–H and O–H groups in total. The van der Waals surface area contributed by atoms with Crippen LogP contribution in [0.4, 0.5) is 11.4 Å². The molecule has 0 aliphatic heterocycles. The fourth-order valence-corrected chi connectivity index (χ4v) is 2.49. The van der Waals surface area contributed by atoms with Gasteiger partial charge in [0.2, 0.25) is 0 Å². The van der Waals surface area contributed by atoms with Crippen LogP contribution < -0.4 is 11.1 Å². The Balaban J connectivity index is 2.01. The molecule has 1 saturated carbocycles. The monoisotopic (exact) mass is 218 g/mol. The van der Waals surface area contributed by atoms with Crippen molar-refractivity contribution in [1.29, 1.82) is 0 Å². The summed E-state index contributed by atoms with van der Waals surface area (Å²) in [7, 11) is 0. The molecule has 0 bridgehead atoms. The molecule has 16 heavy (non-hydrogen) atoms. The van der Waals surface area contributed by atoms with Gasteiger partial charge in [0, 0.05) is 17.4 Å². The van der Waals surface area contributed by atoms with Gasteiger partial charge in [-0.3, -0.25) is 0 Å². The fourth-order valence-electron chi connectivity index (χ4n) is 2.49. The van der Waals surface area contributed by atoms with E-state index >= 15 is 0 Å². The fraction of sp³-hybridized carbons (Fsp3) is 0.571. The highest BCUT2D eigenvalue weighted by atomic mass is 14.9. The first-order chi connectivity index (χ1) is 7.75. The second-order valence-electron chi connectivity index (χ2n) is 4.91. The van der Waals surface area contributed by atoms with Crippen molar-refractivity contribution in [3.8, 4) is 0 Å². The minimum absolute atomic E-state index is 0.657. The van der Waals surface area contributed by atoms with Crippen LogP contribution in [-0.4, -0.2) is 6.04 Å². The van der Waals surface area contributed by atoms with E-state index < -0.39 is 0 Å². The number of nitrogens with two attached hydrogens (primary N) is 1. The summed E-state index contributed by atoms with van der Waals surface area (Å²) in [5, 5.41) is 3.66. The zero-order valence-corrected chi connectivity index (χ0v) is 10.1. The number of benzene rings is 1. The van der Waals surface area contributed by atoms with Crippen molar-refractivity contribution in [2.75, 3.05) is 11.1 Å². The van der Waals surface area contributed by atoms with E-state index in [-0.39, 0.29) is 0 Å². The number of anilines is 2. The summed E-state index contributed by atoms with van der Waals surface area (Å²) >= 11 is 0. The Hall–Kier alpha value is -1.18. The summed E-state index contributed by atoms with van der Waals surface area (Å²) < 4.78 is 0. The molecule has 88 valence electrons. The number of rotatable bonds is 2. The lowest BCUT2D eigenvalue weighted by molar-refractivity contribution is 0.619. The molecular formula is C14H22N2. The molecule has 0 aromatic heterocycles. The van der Waals surface area contributed by atoms with E-state index in [1.165, 1.54) is 49.8 Å². The third-order valence-electron chi connectivity index (χ3n) is 3.47. The standard InChI is InChI=1S/C14H22N2/c1-11-10-12(15)8-9-14(11)16-13-6-4-2-3-5-7-13/h8-10,13,16H,2-7,15H2,1H3. The molecule has 1 aromatic carbocycles. The molecule has 0 radical (unpaired) electrons. The molecule has 0 amide bonds. The summed E-state index contributed by atoms with van der Waals surface area (Å²) in [5.74, 6) is 0. The van der Waals surface area contributed by atoms with Crippen molar-refractivity contribution in [1.82, 2.24) is 0 Å². The van der Waals surface area contributed by atoms with Gasteiger partial charge in [0.05, 0.1) is 0 Å². The smallest absolute Gasteiger partial charge is 0.0373 e. The summed E-state index contributed by atoms with van der Waals surface area (Å²) in [4.78, 5) is 0. The Kier molecular flexibility index (Phi) is 3.70. The van der Waals surface area contributed by atoms with Crippen LogP contribution in [0.3, 0.4) is 0 Å². The molecule has 0 unspecified atom stereocenters. The Morgan fingerprint density at radius 3 is 2.44 bits per heavy atom. The SMILES string of the molecule is Cc1cc(N)ccc1NC1CCCCCC1. The Morgan fingerprint density at radius 1 is 1.12 bits per heavy atom. The molecule has 0 atom stereocenters. The van der Waals surface area contributed by atoms with Crippen LogP contribution in [0.2, 0.25) is 0 Å². The highest BCUT2D eigenvalue weighted by molar-refractivity contribution is 5.57. The van der Waals surface area contributed by atoms with Gasteiger partial charge in [0.25, 0.3) is 0 Å². The molecule has 1 fully saturated rings. The van der Waals surface area contributed by atoms with E-state index in [2.05, 4.69) is 18.3 Å². The van der Waals surface area contributed by atoms with Crippen LogP contribution in [0.25, 0.3) is 0 Å². The van der Waals surface area contributed by atoms with Crippen LogP contribution in [0, 0.1) is 6.92 Å². The first-order valence-corrected chi connectivity index (χ1v) is 6.38. The lowest BCUT2D eigenvalue weighted by Gasteiger charge is -2.19. The van der Waals surface area contributed by atoms with Gasteiger partial charge in [0.1, 0.15) is 0 Å². The minimum atomic E-state index is 0.657. The van der Waals surface area contributed by atoms with Gasteiger partial charge in [0.15, 0.2) is 0 Å². The number of nitrogen functional groups attached to an aromatic ring is 1. The van der Waals surface area contributed by atoms with Crippen molar-refractivity contribution < 1.29 is 0 Å². The molecule has 2 rings (SSSR count). The van der Waals surface area contributed by atoms with Crippen molar-refractivity contribution in [3.05, 3.63) is 23.8 Å². The number of hydrogen-bond acceptors (Lipinski definition) is 2. The highest BCUT2D eigenvalue weighted by Gasteiger charge is 2.12. The van der Waals surface area contributed by atoms with Crippen molar-refractivity contribution in [2.24, 2.45) is 0 Å². The minimum Gasteiger partial charge on any atom is -0.399 e. The van der Waals surface area contributed by atoms with Gasteiger partial charge in [-0.2, -0.15) is 0 Å². The molecule has 0 saturated heterocycles. The maximum atomic E-state index is 5.76. The number of nitrogens with one attached hydrogen (secondary N) is 1. The van der Waals surface area contributed by atoms with Gasteiger partial charge in [-0.05, 0) is 43.5 Å². The van der Waals surface area contributed by atoms with Crippen LogP contribution >= 0.6 is 0 Å². The molecule has 2 nitrogen and oxygen atoms in total. The third kappa shape index (κ3) is 2.91. The second-order valence-corrected chi connectivity index (χ2v) is 4.91. The Morgan fingerprint density at radius 2 is 1.81 bits per heavy atom. The second kappa shape index (κ2) is 5.24. The van der Waals surface area contributed by atoms with Crippen molar-refractivity contribution in [3.63, 3.8) is 0 Å². The Labute approximate surface area is 98.2 Å². The molecule has 2 heteroatoms. The summed E-state index contributed by atoms with van der Waals surface area (Å²) in [5.41, 5.74) is 9.11. The van der Waals surface area contributed by atoms with Gasteiger partial charge in [-0.15, -0.1) is 0 Å². The maximum absolute atomic E-state index is 5.76. The quantitative estimate of drug-likeness (QED) is 0.586. The van der Waals surface area contributed by atoms with Crippen LogP contribution in [0.1, 0.15) is 44.1 Å². The van der Waals surface area contributed by atoms with E-state index in [9.17, 15) is 0 Å². The first-order valence-electron chi connectivity index (χ1n) is 6.38. The molecule has 0 spiro atoms. The van der Waals surface area contributed by atoms with Crippen LogP contribution in [-0.2, 0) is 0 Å². The van der Waals surface area contributed by atoms with Crippen LogP contribution in [0.15, 0.2) is 18.2 Å². The molecule has 0 heterocycles. The first kappa shape index (κ1) is 11.3. The van der Waals surface area contributed by atoms with Gasteiger partial charge in [-0.25, -0.2) is 0 Å². The van der Waals surface area contributed by atoms with E-state index in [0.717, 1.165) is 5.69 Å². The predicted octanol–water partition coefficient (Wildman–Crippen LogP) is 3.71.